The molecule has 0 aliphatic heterocycles. The first-order valence-electron chi connectivity index (χ1n) is 6.59. The van der Waals surface area contributed by atoms with Gasteiger partial charge in [0.1, 0.15) is 5.82 Å². The van der Waals surface area contributed by atoms with Crippen LogP contribution in [0.5, 0.6) is 0 Å². The minimum Gasteiger partial charge on any atom is -0.378 e. The molecular formula is C16H15FN2O. The number of fused-ring (bicyclic) bond motifs is 1. The molecule has 3 nitrogen and oxygen atoms in total. The first kappa shape index (κ1) is 12.7. The van der Waals surface area contributed by atoms with Gasteiger partial charge in [0.05, 0.1) is 11.6 Å². The molecule has 1 atom stereocenters. The van der Waals surface area contributed by atoms with E-state index in [2.05, 4.69) is 17.4 Å². The average molecular weight is 270 g/mol. The van der Waals surface area contributed by atoms with Gasteiger partial charge in [-0.15, -0.1) is 0 Å². The summed E-state index contributed by atoms with van der Waals surface area (Å²) in [6, 6.07) is 12.8. The summed E-state index contributed by atoms with van der Waals surface area (Å²) < 4.78 is 13.4. The summed E-state index contributed by atoms with van der Waals surface area (Å²) in [5.74, 6) is -1.34. The van der Waals surface area contributed by atoms with E-state index in [0.717, 1.165) is 12.8 Å². The van der Waals surface area contributed by atoms with Gasteiger partial charge in [0.25, 0.3) is 5.91 Å². The van der Waals surface area contributed by atoms with Gasteiger partial charge >= 0.3 is 0 Å². The van der Waals surface area contributed by atoms with E-state index in [4.69, 9.17) is 5.73 Å². The van der Waals surface area contributed by atoms with Crippen molar-refractivity contribution in [2.24, 2.45) is 5.73 Å². The van der Waals surface area contributed by atoms with Crippen LogP contribution in [-0.2, 0) is 6.42 Å². The largest absolute Gasteiger partial charge is 0.378 e. The molecule has 102 valence electrons. The molecule has 1 unspecified atom stereocenters. The van der Waals surface area contributed by atoms with E-state index in [9.17, 15) is 9.18 Å². The lowest BCUT2D eigenvalue weighted by molar-refractivity contribution is 0.0996. The predicted octanol–water partition coefficient (Wildman–Crippen LogP) is 3.02. The number of carbonyl (C=O) groups excluding carboxylic acids is 1. The van der Waals surface area contributed by atoms with Gasteiger partial charge < -0.3 is 11.1 Å². The molecular weight excluding hydrogens is 255 g/mol. The Morgan fingerprint density at radius 1 is 1.25 bits per heavy atom. The van der Waals surface area contributed by atoms with Crippen molar-refractivity contribution in [3.63, 3.8) is 0 Å². The summed E-state index contributed by atoms with van der Waals surface area (Å²) in [6.45, 7) is 0. The highest BCUT2D eigenvalue weighted by atomic mass is 19.1. The van der Waals surface area contributed by atoms with Gasteiger partial charge in [0.2, 0.25) is 0 Å². The summed E-state index contributed by atoms with van der Waals surface area (Å²) in [4.78, 5) is 11.2. The van der Waals surface area contributed by atoms with Gasteiger partial charge in [-0.05, 0) is 42.2 Å². The van der Waals surface area contributed by atoms with Crippen LogP contribution >= 0.6 is 0 Å². The van der Waals surface area contributed by atoms with E-state index < -0.39 is 11.7 Å². The number of primary amides is 1. The van der Waals surface area contributed by atoms with Crippen molar-refractivity contribution >= 4 is 11.6 Å². The van der Waals surface area contributed by atoms with Crippen molar-refractivity contribution in [3.05, 3.63) is 65.0 Å². The van der Waals surface area contributed by atoms with Crippen molar-refractivity contribution < 1.29 is 9.18 Å². The SMILES string of the molecule is NC(=O)c1cc(NC2CCc3ccccc32)ccc1F. The molecule has 0 bridgehead atoms. The number of aryl methyl sites for hydroxylation is 1. The Morgan fingerprint density at radius 2 is 2.05 bits per heavy atom. The van der Waals surface area contributed by atoms with Crippen molar-refractivity contribution in [2.45, 2.75) is 18.9 Å². The molecule has 3 N–H and O–H groups in total. The van der Waals surface area contributed by atoms with Crippen LogP contribution in [0.4, 0.5) is 10.1 Å². The second-order valence-corrected chi connectivity index (χ2v) is 4.99. The zero-order valence-electron chi connectivity index (χ0n) is 10.9. The number of nitrogens with two attached hydrogens (primary N) is 1. The topological polar surface area (TPSA) is 55.1 Å². The van der Waals surface area contributed by atoms with Crippen LogP contribution in [0.2, 0.25) is 0 Å². The number of halogens is 1. The van der Waals surface area contributed by atoms with E-state index in [1.807, 2.05) is 12.1 Å². The standard InChI is InChI=1S/C16H15FN2O/c17-14-7-6-11(9-13(14)16(18)20)19-15-8-5-10-3-1-2-4-12(10)15/h1-4,6-7,9,15,19H,5,8H2,(H2,18,20). The smallest absolute Gasteiger partial charge is 0.251 e. The number of hydrogen-bond acceptors (Lipinski definition) is 2. The Labute approximate surface area is 116 Å². The highest BCUT2D eigenvalue weighted by Crippen LogP contribution is 2.33. The summed E-state index contributed by atoms with van der Waals surface area (Å²) in [5.41, 5.74) is 8.39. The molecule has 1 aliphatic carbocycles. The zero-order valence-corrected chi connectivity index (χ0v) is 10.9. The molecule has 0 fully saturated rings. The molecule has 0 aromatic heterocycles. The lowest BCUT2D eigenvalue weighted by atomic mass is 10.1. The highest BCUT2D eigenvalue weighted by molar-refractivity contribution is 5.94. The first-order chi connectivity index (χ1) is 9.65. The fraction of sp³-hybridized carbons (Fsp3) is 0.188. The molecule has 3 rings (SSSR count). The monoisotopic (exact) mass is 270 g/mol. The van der Waals surface area contributed by atoms with Crippen LogP contribution in [-0.4, -0.2) is 5.91 Å². The molecule has 1 aliphatic rings. The lowest BCUT2D eigenvalue weighted by Crippen LogP contribution is -2.14. The number of benzene rings is 2. The van der Waals surface area contributed by atoms with Crippen LogP contribution < -0.4 is 11.1 Å². The number of nitrogens with one attached hydrogen (secondary N) is 1. The van der Waals surface area contributed by atoms with Gasteiger partial charge in [-0.25, -0.2) is 4.39 Å². The minimum atomic E-state index is -0.752. The van der Waals surface area contributed by atoms with Crippen LogP contribution in [0.15, 0.2) is 42.5 Å². The van der Waals surface area contributed by atoms with Gasteiger partial charge in [0, 0.05) is 5.69 Å². The predicted molar refractivity (Wildman–Crippen MR) is 76.0 cm³/mol. The maximum absolute atomic E-state index is 13.4. The van der Waals surface area contributed by atoms with Gasteiger partial charge in [0.15, 0.2) is 0 Å². The number of anilines is 1. The van der Waals surface area contributed by atoms with Crippen molar-refractivity contribution in [1.29, 1.82) is 0 Å². The zero-order chi connectivity index (χ0) is 14.1. The normalized spacial score (nSPS) is 16.8. The van der Waals surface area contributed by atoms with Crippen LogP contribution in [0.1, 0.15) is 33.9 Å². The van der Waals surface area contributed by atoms with Crippen LogP contribution in [0, 0.1) is 5.82 Å². The molecule has 0 spiro atoms. The molecule has 1 amide bonds. The third-order valence-corrected chi connectivity index (χ3v) is 3.71. The third-order valence-electron chi connectivity index (χ3n) is 3.71. The first-order valence-corrected chi connectivity index (χ1v) is 6.59. The molecule has 0 saturated carbocycles. The molecule has 0 radical (unpaired) electrons. The van der Waals surface area contributed by atoms with E-state index in [1.165, 1.54) is 23.3 Å². The quantitative estimate of drug-likeness (QED) is 0.900. The van der Waals surface area contributed by atoms with Gasteiger partial charge in [-0.1, -0.05) is 24.3 Å². The van der Waals surface area contributed by atoms with Crippen LogP contribution in [0.25, 0.3) is 0 Å². The fourth-order valence-electron chi connectivity index (χ4n) is 2.71. The van der Waals surface area contributed by atoms with Gasteiger partial charge in [-0.2, -0.15) is 0 Å². The molecule has 2 aromatic rings. The summed E-state index contributed by atoms with van der Waals surface area (Å²) >= 11 is 0. The van der Waals surface area contributed by atoms with Gasteiger partial charge in [-0.3, -0.25) is 4.79 Å². The Hall–Kier alpha value is -2.36. The number of carbonyl (C=O) groups is 1. The van der Waals surface area contributed by atoms with E-state index in [0.29, 0.717) is 5.69 Å². The Balaban J connectivity index is 1.86. The summed E-state index contributed by atoms with van der Waals surface area (Å²) in [6.07, 6.45) is 2.01. The molecule has 0 saturated heterocycles. The van der Waals surface area contributed by atoms with E-state index in [-0.39, 0.29) is 11.6 Å². The lowest BCUT2D eigenvalue weighted by Gasteiger charge is -2.16. The Morgan fingerprint density at radius 3 is 2.85 bits per heavy atom. The number of hydrogen-bond donors (Lipinski definition) is 2. The Bertz CT molecular complexity index is 669. The molecule has 4 heteroatoms. The maximum atomic E-state index is 13.4. The minimum absolute atomic E-state index is 0.0821. The number of rotatable bonds is 3. The second-order valence-electron chi connectivity index (χ2n) is 4.99. The van der Waals surface area contributed by atoms with Crippen molar-refractivity contribution in [1.82, 2.24) is 0 Å². The third kappa shape index (κ3) is 2.25. The summed E-state index contributed by atoms with van der Waals surface area (Å²) in [7, 11) is 0. The molecule has 0 heterocycles. The van der Waals surface area contributed by atoms with Crippen molar-refractivity contribution in [3.8, 4) is 0 Å². The fourth-order valence-corrected chi connectivity index (χ4v) is 2.71. The second kappa shape index (κ2) is 4.96. The number of amides is 1. The van der Waals surface area contributed by atoms with E-state index >= 15 is 0 Å². The molecule has 20 heavy (non-hydrogen) atoms. The maximum Gasteiger partial charge on any atom is 0.251 e. The highest BCUT2D eigenvalue weighted by Gasteiger charge is 2.22. The van der Waals surface area contributed by atoms with Crippen LogP contribution in [0.3, 0.4) is 0 Å². The summed E-state index contributed by atoms with van der Waals surface area (Å²) in [5, 5.41) is 3.35. The molecule has 2 aromatic carbocycles. The Kier molecular flexibility index (Phi) is 3.14. The van der Waals surface area contributed by atoms with Crippen molar-refractivity contribution in [2.75, 3.05) is 5.32 Å². The van der Waals surface area contributed by atoms with E-state index in [1.54, 1.807) is 6.07 Å². The average Bonchev–Trinajstić information content (AvgIpc) is 2.84.